The highest BCUT2D eigenvalue weighted by Crippen LogP contribution is 2.18. The number of hydrogen-bond acceptors (Lipinski definition) is 2. The number of amides is 1. The second-order valence-electron chi connectivity index (χ2n) is 4.71. The monoisotopic (exact) mass is 333 g/mol. The van der Waals surface area contributed by atoms with Gasteiger partial charge < -0.3 is 15.5 Å². The fraction of sp³-hybridized carbons (Fsp3) is 0.125. The van der Waals surface area contributed by atoms with E-state index < -0.39 is 0 Å². The molecule has 0 heterocycles. The Morgan fingerprint density at radius 3 is 1.91 bits per heavy atom. The smallest absolute Gasteiger partial charge is 0.223 e. The van der Waals surface area contributed by atoms with Crippen LogP contribution in [0.5, 0.6) is 0 Å². The summed E-state index contributed by atoms with van der Waals surface area (Å²) >= 11 is 11.1. The molecule has 2 rings (SSSR count). The molecule has 0 saturated heterocycles. The van der Waals surface area contributed by atoms with Crippen LogP contribution in [0.25, 0.3) is 0 Å². The first-order valence-corrected chi connectivity index (χ1v) is 7.42. The number of halogens is 1. The molecule has 0 spiro atoms. The van der Waals surface area contributed by atoms with Gasteiger partial charge >= 0.3 is 0 Å². The number of anilines is 3. The van der Waals surface area contributed by atoms with Crippen molar-refractivity contribution in [1.29, 1.82) is 0 Å². The highest BCUT2D eigenvalue weighted by Gasteiger charge is 2.05. The van der Waals surface area contributed by atoms with Gasteiger partial charge in [0, 0.05) is 36.1 Å². The zero-order valence-corrected chi connectivity index (χ0v) is 13.8. The van der Waals surface area contributed by atoms with Crippen molar-refractivity contribution in [2.45, 2.75) is 6.92 Å². The van der Waals surface area contributed by atoms with Gasteiger partial charge in [-0.1, -0.05) is 11.6 Å². The third-order valence-electron chi connectivity index (χ3n) is 3.09. The first-order valence-electron chi connectivity index (χ1n) is 6.63. The van der Waals surface area contributed by atoms with Crippen molar-refractivity contribution in [3.05, 3.63) is 53.6 Å². The van der Waals surface area contributed by atoms with Crippen LogP contribution in [-0.2, 0) is 4.79 Å². The summed E-state index contributed by atoms with van der Waals surface area (Å²) in [5, 5.41) is 7.31. The molecule has 0 aliphatic heterocycles. The fourth-order valence-corrected chi connectivity index (χ4v) is 2.14. The van der Waals surface area contributed by atoms with Gasteiger partial charge in [0.2, 0.25) is 5.91 Å². The van der Waals surface area contributed by atoms with E-state index in [1.54, 1.807) is 24.1 Å². The lowest BCUT2D eigenvalue weighted by Crippen LogP contribution is -2.23. The maximum atomic E-state index is 11.3. The third kappa shape index (κ3) is 4.44. The van der Waals surface area contributed by atoms with E-state index in [0.29, 0.717) is 10.1 Å². The molecule has 0 fully saturated rings. The number of hydrogen-bond donors (Lipinski definition) is 2. The second kappa shape index (κ2) is 7.24. The number of thiocarbonyl (C=S) groups is 1. The van der Waals surface area contributed by atoms with E-state index in [2.05, 4.69) is 10.6 Å². The summed E-state index contributed by atoms with van der Waals surface area (Å²) in [5.41, 5.74) is 2.52. The van der Waals surface area contributed by atoms with Crippen LogP contribution < -0.4 is 15.5 Å². The van der Waals surface area contributed by atoms with Crippen molar-refractivity contribution in [2.24, 2.45) is 0 Å². The Hall–Kier alpha value is -2.11. The molecule has 0 atom stereocenters. The summed E-state index contributed by atoms with van der Waals surface area (Å²) in [6, 6.07) is 14.7. The van der Waals surface area contributed by atoms with Crippen LogP contribution in [0.15, 0.2) is 48.5 Å². The Morgan fingerprint density at radius 1 is 1.00 bits per heavy atom. The molecule has 2 aromatic carbocycles. The van der Waals surface area contributed by atoms with Crippen LogP contribution in [0, 0.1) is 0 Å². The van der Waals surface area contributed by atoms with Gasteiger partial charge in [-0.3, -0.25) is 4.79 Å². The molecule has 0 radical (unpaired) electrons. The maximum absolute atomic E-state index is 11.3. The predicted octanol–water partition coefficient (Wildman–Crippen LogP) is 4.13. The van der Waals surface area contributed by atoms with Crippen molar-refractivity contribution in [2.75, 3.05) is 22.6 Å². The van der Waals surface area contributed by atoms with Gasteiger partial charge in [0.1, 0.15) is 0 Å². The molecule has 114 valence electrons. The molecule has 0 saturated carbocycles. The van der Waals surface area contributed by atoms with Crippen LogP contribution in [0.4, 0.5) is 17.1 Å². The number of carbonyl (C=O) groups excluding carboxylic acids is 1. The Balaban J connectivity index is 1.97. The second-order valence-corrected chi connectivity index (χ2v) is 5.56. The van der Waals surface area contributed by atoms with Crippen molar-refractivity contribution in [1.82, 2.24) is 0 Å². The van der Waals surface area contributed by atoms with Crippen LogP contribution in [0.1, 0.15) is 6.92 Å². The van der Waals surface area contributed by atoms with Crippen molar-refractivity contribution < 1.29 is 4.79 Å². The Kier molecular flexibility index (Phi) is 5.35. The molecule has 2 N–H and O–H groups in total. The maximum Gasteiger partial charge on any atom is 0.223 e. The largest absolute Gasteiger partial charge is 0.332 e. The van der Waals surface area contributed by atoms with E-state index in [-0.39, 0.29) is 5.91 Å². The topological polar surface area (TPSA) is 44.4 Å². The average Bonchev–Trinajstić information content (AvgIpc) is 2.49. The first kappa shape index (κ1) is 16.3. The number of nitrogens with zero attached hydrogens (tertiary/aromatic N) is 1. The summed E-state index contributed by atoms with van der Waals surface area (Å²) in [6.45, 7) is 1.53. The normalized spacial score (nSPS) is 9.95. The molecule has 2 aromatic rings. The molecule has 6 heteroatoms. The molecule has 0 bridgehead atoms. The molecule has 0 aliphatic carbocycles. The van der Waals surface area contributed by atoms with E-state index in [1.165, 1.54) is 6.92 Å². The van der Waals surface area contributed by atoms with Gasteiger partial charge in [0.05, 0.1) is 0 Å². The average molecular weight is 334 g/mol. The Morgan fingerprint density at radius 2 is 1.45 bits per heavy atom. The van der Waals surface area contributed by atoms with Gasteiger partial charge in [0.15, 0.2) is 5.11 Å². The van der Waals surface area contributed by atoms with Gasteiger partial charge in [-0.2, -0.15) is 0 Å². The van der Waals surface area contributed by atoms with E-state index in [0.717, 1.165) is 17.1 Å². The minimum Gasteiger partial charge on any atom is -0.332 e. The first-order chi connectivity index (χ1) is 10.5. The van der Waals surface area contributed by atoms with Crippen LogP contribution >= 0.6 is 23.8 Å². The molecule has 22 heavy (non-hydrogen) atoms. The zero-order chi connectivity index (χ0) is 16.1. The van der Waals surface area contributed by atoms with Gasteiger partial charge in [-0.05, 0) is 60.7 Å². The van der Waals surface area contributed by atoms with Gasteiger partial charge in [-0.15, -0.1) is 0 Å². The lowest BCUT2D eigenvalue weighted by atomic mass is 10.2. The summed E-state index contributed by atoms with van der Waals surface area (Å²) in [7, 11) is 1.73. The lowest BCUT2D eigenvalue weighted by Gasteiger charge is -2.16. The summed E-state index contributed by atoms with van der Waals surface area (Å²) < 4.78 is 0. The van der Waals surface area contributed by atoms with E-state index in [9.17, 15) is 4.79 Å². The molecule has 0 aliphatic rings. The SMILES string of the molecule is CC(=O)N(C)c1ccc(NC(=S)Nc2ccc(Cl)cc2)cc1. The molecular formula is C16H16ClN3OS. The summed E-state index contributed by atoms with van der Waals surface area (Å²) in [5.74, 6) is -0.0133. The van der Waals surface area contributed by atoms with Crippen molar-refractivity contribution in [3.8, 4) is 0 Å². The molecule has 0 aromatic heterocycles. The quantitative estimate of drug-likeness (QED) is 0.829. The molecule has 1 amide bonds. The molecular weight excluding hydrogens is 318 g/mol. The van der Waals surface area contributed by atoms with Gasteiger partial charge in [-0.25, -0.2) is 0 Å². The lowest BCUT2D eigenvalue weighted by molar-refractivity contribution is -0.116. The Bertz CT molecular complexity index is 671. The Labute approximate surface area is 140 Å². The molecule has 4 nitrogen and oxygen atoms in total. The number of rotatable bonds is 3. The highest BCUT2D eigenvalue weighted by atomic mass is 35.5. The van der Waals surface area contributed by atoms with Crippen molar-refractivity contribution >= 4 is 51.9 Å². The predicted molar refractivity (Wildman–Crippen MR) is 96.8 cm³/mol. The standard InChI is InChI=1S/C16H16ClN3OS/c1-11(21)20(2)15-9-7-14(8-10-15)19-16(22)18-13-5-3-12(17)4-6-13/h3-10H,1-2H3,(H2,18,19,22). The van der Waals surface area contributed by atoms with E-state index in [4.69, 9.17) is 23.8 Å². The summed E-state index contributed by atoms with van der Waals surface area (Å²) in [4.78, 5) is 12.9. The van der Waals surface area contributed by atoms with Crippen LogP contribution in [0.2, 0.25) is 5.02 Å². The fourth-order valence-electron chi connectivity index (χ4n) is 1.78. The number of nitrogens with one attached hydrogen (secondary N) is 2. The van der Waals surface area contributed by atoms with E-state index in [1.807, 2.05) is 36.4 Å². The highest BCUT2D eigenvalue weighted by molar-refractivity contribution is 7.80. The minimum atomic E-state index is -0.0133. The number of benzene rings is 2. The van der Waals surface area contributed by atoms with Crippen LogP contribution in [0.3, 0.4) is 0 Å². The van der Waals surface area contributed by atoms with Gasteiger partial charge in [0.25, 0.3) is 0 Å². The zero-order valence-electron chi connectivity index (χ0n) is 12.3. The minimum absolute atomic E-state index is 0.0133. The summed E-state index contributed by atoms with van der Waals surface area (Å²) in [6.07, 6.45) is 0. The number of carbonyl (C=O) groups is 1. The van der Waals surface area contributed by atoms with Crippen molar-refractivity contribution in [3.63, 3.8) is 0 Å². The van der Waals surface area contributed by atoms with Crippen LogP contribution in [-0.4, -0.2) is 18.1 Å². The third-order valence-corrected chi connectivity index (χ3v) is 3.54. The van der Waals surface area contributed by atoms with E-state index >= 15 is 0 Å². The molecule has 0 unspecified atom stereocenters.